The molecule has 1 nitrogen and oxygen atoms in total. The fraction of sp³-hybridized carbons (Fsp3) is 0.200. The van der Waals surface area contributed by atoms with E-state index < -0.39 is 17.0 Å². The third-order valence-corrected chi connectivity index (χ3v) is 4.17. The minimum absolute atomic E-state index is 0.375. The molecular formula is C15H10BrClF2O. The Morgan fingerprint density at radius 3 is 2.50 bits per heavy atom. The Bertz CT molecular complexity index is 655. The summed E-state index contributed by atoms with van der Waals surface area (Å²) in [6.07, 6.45) is 0.808. The molecule has 5 heteroatoms. The Morgan fingerprint density at radius 1 is 1.10 bits per heavy atom. The van der Waals surface area contributed by atoms with Gasteiger partial charge < -0.3 is 4.74 Å². The van der Waals surface area contributed by atoms with Crippen LogP contribution in [0, 0.1) is 11.6 Å². The van der Waals surface area contributed by atoms with Crippen LogP contribution in [0.5, 0.6) is 5.75 Å². The molecule has 0 bridgehead atoms. The zero-order valence-corrected chi connectivity index (χ0v) is 12.6. The number of benzene rings is 2. The number of alkyl halides is 1. The number of ether oxygens (including phenoxy) is 1. The van der Waals surface area contributed by atoms with Crippen molar-refractivity contribution in [3.63, 3.8) is 0 Å². The van der Waals surface area contributed by atoms with Gasteiger partial charge in [0.25, 0.3) is 0 Å². The minimum atomic E-state index is -0.662. The van der Waals surface area contributed by atoms with E-state index in [-0.39, 0.29) is 0 Å². The summed E-state index contributed by atoms with van der Waals surface area (Å²) in [6, 6.07) is 7.10. The summed E-state index contributed by atoms with van der Waals surface area (Å²) < 4.78 is 33.1. The molecule has 0 N–H and O–H groups in total. The maximum atomic E-state index is 13.3. The lowest BCUT2D eigenvalue weighted by molar-refractivity contribution is 0.353. The molecule has 0 aromatic heterocycles. The van der Waals surface area contributed by atoms with E-state index in [1.54, 1.807) is 0 Å². The number of fused-ring (bicyclic) bond motifs is 1. The van der Waals surface area contributed by atoms with E-state index in [9.17, 15) is 8.78 Å². The topological polar surface area (TPSA) is 9.23 Å². The fourth-order valence-corrected chi connectivity index (χ4v) is 3.20. The molecule has 0 amide bonds. The molecule has 0 saturated heterocycles. The van der Waals surface area contributed by atoms with Gasteiger partial charge in [0, 0.05) is 22.5 Å². The van der Waals surface area contributed by atoms with Crippen LogP contribution >= 0.6 is 27.5 Å². The first kappa shape index (κ1) is 13.8. The predicted molar refractivity (Wildman–Crippen MR) is 77.4 cm³/mol. The van der Waals surface area contributed by atoms with Crippen LogP contribution in [-0.4, -0.2) is 6.61 Å². The highest BCUT2D eigenvalue weighted by Crippen LogP contribution is 2.41. The molecule has 0 aliphatic carbocycles. The maximum Gasteiger partial charge on any atom is 0.127 e. The van der Waals surface area contributed by atoms with Crippen molar-refractivity contribution in [3.8, 4) is 5.75 Å². The Kier molecular flexibility index (Phi) is 3.69. The van der Waals surface area contributed by atoms with Gasteiger partial charge in [-0.2, -0.15) is 0 Å². The largest absolute Gasteiger partial charge is 0.493 e. The molecule has 2 aromatic rings. The molecule has 1 unspecified atom stereocenters. The summed E-state index contributed by atoms with van der Waals surface area (Å²) in [5.41, 5.74) is 2.15. The highest BCUT2D eigenvalue weighted by atomic mass is 79.9. The van der Waals surface area contributed by atoms with E-state index >= 15 is 0 Å². The summed E-state index contributed by atoms with van der Waals surface area (Å²) in [7, 11) is 0. The Balaban J connectivity index is 2.08. The van der Waals surface area contributed by atoms with Gasteiger partial charge in [0.15, 0.2) is 0 Å². The molecule has 3 rings (SSSR count). The molecular weight excluding hydrogens is 350 g/mol. The lowest BCUT2D eigenvalue weighted by Gasteiger charge is -2.15. The molecule has 0 spiro atoms. The molecule has 20 heavy (non-hydrogen) atoms. The summed E-state index contributed by atoms with van der Waals surface area (Å²) >= 11 is 9.82. The van der Waals surface area contributed by atoms with Crippen LogP contribution in [0.3, 0.4) is 0 Å². The van der Waals surface area contributed by atoms with Crippen LogP contribution in [0.4, 0.5) is 8.78 Å². The number of hydrogen-bond acceptors (Lipinski definition) is 1. The molecule has 104 valence electrons. The highest BCUT2D eigenvalue weighted by molar-refractivity contribution is 9.10. The van der Waals surface area contributed by atoms with Gasteiger partial charge in [0.05, 0.1) is 12.0 Å². The van der Waals surface area contributed by atoms with E-state index in [0.29, 0.717) is 12.2 Å². The summed E-state index contributed by atoms with van der Waals surface area (Å²) in [6.45, 7) is 0.597. The highest BCUT2D eigenvalue weighted by Gasteiger charge is 2.23. The second-order valence-corrected chi connectivity index (χ2v) is 6.00. The van der Waals surface area contributed by atoms with Crippen molar-refractivity contribution in [2.75, 3.05) is 6.61 Å². The number of halogens is 4. The number of hydrogen-bond donors (Lipinski definition) is 0. The minimum Gasteiger partial charge on any atom is -0.493 e. The Hall–Kier alpha value is -1.13. The van der Waals surface area contributed by atoms with Crippen LogP contribution in [0.1, 0.15) is 22.1 Å². The van der Waals surface area contributed by atoms with Gasteiger partial charge >= 0.3 is 0 Å². The molecule has 1 heterocycles. The van der Waals surface area contributed by atoms with Crippen LogP contribution in [0.15, 0.2) is 34.8 Å². The first-order valence-electron chi connectivity index (χ1n) is 6.10. The second-order valence-electron chi connectivity index (χ2n) is 4.65. The third-order valence-electron chi connectivity index (χ3n) is 3.23. The van der Waals surface area contributed by atoms with Crippen LogP contribution < -0.4 is 4.74 Å². The van der Waals surface area contributed by atoms with Gasteiger partial charge in [0.1, 0.15) is 17.4 Å². The van der Waals surface area contributed by atoms with E-state index in [4.69, 9.17) is 16.3 Å². The van der Waals surface area contributed by atoms with E-state index in [0.717, 1.165) is 33.8 Å². The molecule has 0 radical (unpaired) electrons. The average Bonchev–Trinajstić information content (AvgIpc) is 2.83. The van der Waals surface area contributed by atoms with E-state index in [2.05, 4.69) is 15.9 Å². The molecule has 0 fully saturated rings. The standard InChI is InChI=1S/C15H10BrClF2O/c16-10-3-8-1-2-20-15(8)13(6-10)14(17)9-4-11(18)7-12(19)5-9/h3-7,14H,1-2H2. The monoisotopic (exact) mass is 358 g/mol. The molecule has 0 saturated carbocycles. The third kappa shape index (κ3) is 2.54. The predicted octanol–water partition coefficient (Wildman–Crippen LogP) is 4.99. The van der Waals surface area contributed by atoms with Crippen LogP contribution in [0.25, 0.3) is 0 Å². The van der Waals surface area contributed by atoms with Gasteiger partial charge in [-0.05, 0) is 35.4 Å². The van der Waals surface area contributed by atoms with E-state index in [1.807, 2.05) is 12.1 Å². The first-order chi connectivity index (χ1) is 9.54. The molecule has 2 aromatic carbocycles. The van der Waals surface area contributed by atoms with Crippen molar-refractivity contribution in [1.82, 2.24) is 0 Å². The Labute approximate surface area is 128 Å². The Morgan fingerprint density at radius 2 is 1.80 bits per heavy atom. The molecule has 1 atom stereocenters. The van der Waals surface area contributed by atoms with Gasteiger partial charge in [-0.25, -0.2) is 8.78 Å². The van der Waals surface area contributed by atoms with Crippen molar-refractivity contribution in [3.05, 3.63) is 63.1 Å². The number of rotatable bonds is 2. The van der Waals surface area contributed by atoms with E-state index in [1.165, 1.54) is 12.1 Å². The van der Waals surface area contributed by atoms with Crippen LogP contribution in [0.2, 0.25) is 0 Å². The summed E-state index contributed by atoms with van der Waals surface area (Å²) in [4.78, 5) is 0. The smallest absolute Gasteiger partial charge is 0.127 e. The first-order valence-corrected chi connectivity index (χ1v) is 7.33. The SMILES string of the molecule is Fc1cc(F)cc(C(Cl)c2cc(Br)cc3c2OCC3)c1. The summed E-state index contributed by atoms with van der Waals surface area (Å²) in [5, 5.41) is -0.662. The average molecular weight is 360 g/mol. The van der Waals surface area contributed by atoms with Crippen LogP contribution in [-0.2, 0) is 6.42 Å². The zero-order valence-electron chi connectivity index (χ0n) is 10.3. The second kappa shape index (κ2) is 5.34. The van der Waals surface area contributed by atoms with Gasteiger partial charge in [-0.3, -0.25) is 0 Å². The van der Waals surface area contributed by atoms with Crippen molar-refractivity contribution in [1.29, 1.82) is 0 Å². The lowest BCUT2D eigenvalue weighted by atomic mass is 10.0. The van der Waals surface area contributed by atoms with Crippen molar-refractivity contribution in [2.45, 2.75) is 11.8 Å². The van der Waals surface area contributed by atoms with Gasteiger partial charge in [0.2, 0.25) is 0 Å². The van der Waals surface area contributed by atoms with Crippen molar-refractivity contribution >= 4 is 27.5 Å². The quantitative estimate of drug-likeness (QED) is 0.686. The zero-order chi connectivity index (χ0) is 14.3. The normalized spacial score (nSPS) is 14.8. The molecule has 1 aliphatic heterocycles. The fourth-order valence-electron chi connectivity index (χ4n) is 2.39. The lowest BCUT2D eigenvalue weighted by Crippen LogP contribution is -1.99. The maximum absolute atomic E-state index is 13.3. The van der Waals surface area contributed by atoms with Crippen molar-refractivity contribution in [2.24, 2.45) is 0 Å². The summed E-state index contributed by atoms with van der Waals surface area (Å²) in [5.74, 6) is -0.561. The molecule has 1 aliphatic rings. The van der Waals surface area contributed by atoms with Gasteiger partial charge in [-0.1, -0.05) is 15.9 Å². The van der Waals surface area contributed by atoms with Crippen molar-refractivity contribution < 1.29 is 13.5 Å². The van der Waals surface area contributed by atoms with Gasteiger partial charge in [-0.15, -0.1) is 11.6 Å².